The maximum atomic E-state index is 9.62. The molecule has 0 fully saturated rings. The van der Waals surface area contributed by atoms with Gasteiger partial charge in [-0.25, -0.2) is 4.98 Å². The van der Waals surface area contributed by atoms with Crippen LogP contribution >= 0.6 is 0 Å². The van der Waals surface area contributed by atoms with E-state index in [1.807, 2.05) is 28.8 Å². The minimum atomic E-state index is 0.222. The van der Waals surface area contributed by atoms with Crippen LogP contribution in [0.3, 0.4) is 0 Å². The number of phenols is 1. The molecular weight excluding hydrogens is 240 g/mol. The Morgan fingerprint density at radius 1 is 1.11 bits per heavy atom. The summed E-state index contributed by atoms with van der Waals surface area (Å²) in [6.45, 7) is 0. The first-order chi connectivity index (χ1) is 9.33. The summed E-state index contributed by atoms with van der Waals surface area (Å²) >= 11 is 0. The van der Waals surface area contributed by atoms with Crippen LogP contribution in [0, 0.1) is 0 Å². The first-order valence-electron chi connectivity index (χ1n) is 5.95. The van der Waals surface area contributed by atoms with Crippen LogP contribution in [-0.2, 0) is 0 Å². The number of para-hydroxylation sites is 2. The van der Waals surface area contributed by atoms with Gasteiger partial charge in [-0.3, -0.25) is 4.57 Å². The molecule has 0 aliphatic carbocycles. The van der Waals surface area contributed by atoms with Crippen molar-refractivity contribution in [3.05, 3.63) is 55.1 Å². The topological polar surface area (TPSA) is 51.2 Å². The van der Waals surface area contributed by atoms with Crippen LogP contribution < -0.4 is 0 Å². The van der Waals surface area contributed by atoms with E-state index in [1.54, 1.807) is 30.8 Å². The van der Waals surface area contributed by atoms with E-state index < -0.39 is 0 Å². The lowest BCUT2D eigenvalue weighted by molar-refractivity contribution is 0.476. The van der Waals surface area contributed by atoms with Gasteiger partial charge in [-0.05, 0) is 30.3 Å². The standard InChI is InChI=1S/C15H10N2O2/c18-10-5-6-15-11(7-10)14(8-19-15)17-9-16-12-3-1-2-4-13(12)17/h1-9,18H. The highest BCUT2D eigenvalue weighted by Crippen LogP contribution is 2.29. The quantitative estimate of drug-likeness (QED) is 0.562. The van der Waals surface area contributed by atoms with Crippen molar-refractivity contribution in [3.63, 3.8) is 0 Å². The van der Waals surface area contributed by atoms with E-state index in [0.717, 1.165) is 27.7 Å². The average molecular weight is 250 g/mol. The zero-order valence-corrected chi connectivity index (χ0v) is 9.95. The van der Waals surface area contributed by atoms with E-state index >= 15 is 0 Å². The molecule has 0 saturated heterocycles. The second-order valence-electron chi connectivity index (χ2n) is 4.40. The molecule has 92 valence electrons. The van der Waals surface area contributed by atoms with Crippen molar-refractivity contribution in [2.45, 2.75) is 0 Å². The van der Waals surface area contributed by atoms with Gasteiger partial charge in [0.2, 0.25) is 0 Å². The van der Waals surface area contributed by atoms with Crippen LogP contribution in [0.25, 0.3) is 27.7 Å². The molecule has 0 spiro atoms. The molecule has 4 heteroatoms. The number of imidazole rings is 1. The van der Waals surface area contributed by atoms with Gasteiger partial charge in [0.1, 0.15) is 23.9 Å². The minimum absolute atomic E-state index is 0.222. The van der Waals surface area contributed by atoms with Crippen LogP contribution in [-0.4, -0.2) is 14.7 Å². The Hall–Kier alpha value is -2.75. The lowest BCUT2D eigenvalue weighted by atomic mass is 10.2. The minimum Gasteiger partial charge on any atom is -0.508 e. The van der Waals surface area contributed by atoms with E-state index in [2.05, 4.69) is 4.98 Å². The van der Waals surface area contributed by atoms with E-state index in [4.69, 9.17) is 4.42 Å². The maximum absolute atomic E-state index is 9.62. The molecule has 2 aromatic carbocycles. The lowest BCUT2D eigenvalue weighted by Crippen LogP contribution is -1.89. The largest absolute Gasteiger partial charge is 0.508 e. The number of nitrogens with zero attached hydrogens (tertiary/aromatic N) is 2. The molecule has 2 aromatic heterocycles. The highest BCUT2D eigenvalue weighted by Gasteiger charge is 2.11. The number of aromatic nitrogens is 2. The second-order valence-corrected chi connectivity index (χ2v) is 4.40. The van der Waals surface area contributed by atoms with Crippen molar-refractivity contribution in [1.29, 1.82) is 0 Å². The van der Waals surface area contributed by atoms with E-state index in [1.165, 1.54) is 0 Å². The van der Waals surface area contributed by atoms with Crippen molar-refractivity contribution in [1.82, 2.24) is 9.55 Å². The number of furan rings is 1. The molecule has 1 N–H and O–H groups in total. The second kappa shape index (κ2) is 3.62. The number of hydrogen-bond donors (Lipinski definition) is 1. The number of fused-ring (bicyclic) bond motifs is 2. The number of rotatable bonds is 1. The first kappa shape index (κ1) is 10.2. The fraction of sp³-hybridized carbons (Fsp3) is 0. The average Bonchev–Trinajstić information content (AvgIpc) is 3.01. The van der Waals surface area contributed by atoms with Crippen molar-refractivity contribution >= 4 is 22.0 Å². The van der Waals surface area contributed by atoms with Crippen molar-refractivity contribution < 1.29 is 9.52 Å². The van der Waals surface area contributed by atoms with Crippen LogP contribution in [0.15, 0.2) is 59.5 Å². The predicted octanol–water partition coefficient (Wildman–Crippen LogP) is 3.48. The van der Waals surface area contributed by atoms with E-state index in [0.29, 0.717) is 0 Å². The molecule has 2 heterocycles. The Bertz CT molecular complexity index is 889. The van der Waals surface area contributed by atoms with Crippen LogP contribution in [0.2, 0.25) is 0 Å². The van der Waals surface area contributed by atoms with E-state index in [-0.39, 0.29) is 5.75 Å². The first-order valence-corrected chi connectivity index (χ1v) is 5.95. The molecule has 0 aliphatic heterocycles. The highest BCUT2D eigenvalue weighted by atomic mass is 16.3. The zero-order valence-electron chi connectivity index (χ0n) is 9.95. The van der Waals surface area contributed by atoms with E-state index in [9.17, 15) is 5.11 Å². The summed E-state index contributed by atoms with van der Waals surface area (Å²) in [5.74, 6) is 0.222. The number of aromatic hydroxyl groups is 1. The SMILES string of the molecule is Oc1ccc2occ(-n3cnc4ccccc43)c2c1. The lowest BCUT2D eigenvalue weighted by Gasteiger charge is -2.01. The smallest absolute Gasteiger partial charge is 0.136 e. The summed E-state index contributed by atoms with van der Waals surface area (Å²) in [5, 5.41) is 10.5. The summed E-state index contributed by atoms with van der Waals surface area (Å²) in [5.41, 5.74) is 3.55. The van der Waals surface area contributed by atoms with Gasteiger partial charge in [-0.1, -0.05) is 12.1 Å². The van der Waals surface area contributed by atoms with Crippen LogP contribution in [0.5, 0.6) is 5.75 Å². The number of hydrogen-bond acceptors (Lipinski definition) is 3. The Labute approximate surface area is 108 Å². The van der Waals surface area contributed by atoms with Gasteiger partial charge in [0.05, 0.1) is 16.7 Å². The summed E-state index contributed by atoms with van der Waals surface area (Å²) in [7, 11) is 0. The van der Waals surface area contributed by atoms with Gasteiger partial charge in [0, 0.05) is 5.39 Å². The molecule has 0 aliphatic rings. The Kier molecular flexibility index (Phi) is 1.94. The molecule has 4 rings (SSSR count). The van der Waals surface area contributed by atoms with Gasteiger partial charge in [0.25, 0.3) is 0 Å². The Morgan fingerprint density at radius 3 is 2.95 bits per heavy atom. The van der Waals surface area contributed by atoms with Gasteiger partial charge < -0.3 is 9.52 Å². The molecule has 0 saturated carbocycles. The Morgan fingerprint density at radius 2 is 2.00 bits per heavy atom. The predicted molar refractivity (Wildman–Crippen MR) is 72.5 cm³/mol. The normalized spacial score (nSPS) is 11.4. The fourth-order valence-corrected chi connectivity index (χ4v) is 2.34. The van der Waals surface area contributed by atoms with Gasteiger partial charge >= 0.3 is 0 Å². The third-order valence-corrected chi connectivity index (χ3v) is 3.25. The molecule has 0 atom stereocenters. The number of benzene rings is 2. The highest BCUT2D eigenvalue weighted by molar-refractivity contribution is 5.90. The summed E-state index contributed by atoms with van der Waals surface area (Å²) in [4.78, 5) is 4.36. The fourth-order valence-electron chi connectivity index (χ4n) is 2.34. The molecule has 0 radical (unpaired) electrons. The van der Waals surface area contributed by atoms with Crippen LogP contribution in [0.4, 0.5) is 0 Å². The monoisotopic (exact) mass is 250 g/mol. The van der Waals surface area contributed by atoms with Crippen molar-refractivity contribution in [2.24, 2.45) is 0 Å². The summed E-state index contributed by atoms with van der Waals surface area (Å²) in [6, 6.07) is 13.0. The van der Waals surface area contributed by atoms with Crippen molar-refractivity contribution in [2.75, 3.05) is 0 Å². The number of phenolic OH excluding ortho intramolecular Hbond substituents is 1. The maximum Gasteiger partial charge on any atom is 0.136 e. The zero-order chi connectivity index (χ0) is 12.8. The molecule has 0 amide bonds. The third kappa shape index (κ3) is 1.43. The van der Waals surface area contributed by atoms with Gasteiger partial charge in [-0.15, -0.1) is 0 Å². The molecule has 4 nitrogen and oxygen atoms in total. The summed E-state index contributed by atoms with van der Waals surface area (Å²) < 4.78 is 7.48. The summed E-state index contributed by atoms with van der Waals surface area (Å²) in [6.07, 6.45) is 3.44. The molecule has 0 unspecified atom stereocenters. The third-order valence-electron chi connectivity index (χ3n) is 3.25. The Balaban J connectivity index is 2.06. The van der Waals surface area contributed by atoms with Crippen LogP contribution in [0.1, 0.15) is 0 Å². The molecular formula is C15H10N2O2. The molecule has 4 aromatic rings. The molecule has 19 heavy (non-hydrogen) atoms. The van der Waals surface area contributed by atoms with Crippen molar-refractivity contribution in [3.8, 4) is 11.4 Å². The van der Waals surface area contributed by atoms with Gasteiger partial charge in [-0.2, -0.15) is 0 Å². The van der Waals surface area contributed by atoms with Gasteiger partial charge in [0.15, 0.2) is 0 Å². The molecule has 0 bridgehead atoms.